The molecule has 0 bridgehead atoms. The van der Waals surface area contributed by atoms with Gasteiger partial charge in [-0.2, -0.15) is 0 Å². The topological polar surface area (TPSA) is 296 Å². The monoisotopic (exact) mass is 1220 g/mol. The number of methoxy groups -OCH3 is 3. The molecule has 0 aromatic carbocycles. The summed E-state index contributed by atoms with van der Waals surface area (Å²) in [6.07, 6.45) is 22.4. The van der Waals surface area contributed by atoms with Crippen molar-refractivity contribution in [1.82, 2.24) is 26.6 Å². The van der Waals surface area contributed by atoms with E-state index in [1.54, 1.807) is 95.4 Å². The molecule has 0 aliphatic rings. The van der Waals surface area contributed by atoms with Crippen LogP contribution in [0.5, 0.6) is 0 Å². The van der Waals surface area contributed by atoms with Gasteiger partial charge in [0.1, 0.15) is 5.60 Å². The van der Waals surface area contributed by atoms with Gasteiger partial charge < -0.3 is 71.2 Å². The molecule has 0 aliphatic carbocycles. The molecule has 0 aromatic rings. The molecule has 3 amide bonds. The predicted octanol–water partition coefficient (Wildman–Crippen LogP) is 6.67. The van der Waals surface area contributed by atoms with E-state index in [2.05, 4.69) is 40.8 Å². The van der Waals surface area contributed by atoms with Gasteiger partial charge >= 0.3 is 23.9 Å². The molecular formula is C51H91N7O14S6. The molecule has 0 aliphatic heterocycles. The second kappa shape index (κ2) is 62.1. The standard InChI is InChI=1S/C21H36N2O6S2.C16H29N3O4S2.C14H26N2O4S2/c1-21(2,3)29-20(26)10-11-22-12-16-30-31-17-13-23-18(24)8-7-15-28-14-6-5-9-19(25)27-4;1-22-16(21)6-2-3-11-23-12-4-5-15(20)19-10-14-25-24-13-9-18-8-7-17;1-19-14(18)6-2-3-9-20-10-4-5-13(17)16-8-12-22-21-11-7-15/h7,10-11,15,22H,5-6,8-9,12-14,16-17H2,1-4H3,(H,23,24);4,7-8,12,18H,2-3,5-6,9-11,13-14,17H2,1H3,(H,19,20);4,10H,2-3,5-9,11-12,15H2,1H3,(H,16,17)/b11-10-,15-7?;8-7-,12-4?;. The summed E-state index contributed by atoms with van der Waals surface area (Å²) in [5.41, 5.74) is 10.1. The molecule has 450 valence electrons. The van der Waals surface area contributed by atoms with E-state index in [-0.39, 0.29) is 48.0 Å². The molecule has 0 spiro atoms. The highest BCUT2D eigenvalue weighted by Gasteiger charge is 2.13. The number of unbranched alkanes of at least 4 members (excludes halogenated alkanes) is 3. The van der Waals surface area contributed by atoms with Gasteiger partial charge in [0.15, 0.2) is 0 Å². The number of nitrogens with two attached hydrogens (primary N) is 2. The SMILES string of the molecule is COC(=O)CCCCOC=CCC(=O)NCCSSCCN.COC(=O)CCCCOC=CCC(=O)NCCSSCCN/C=C\C(=O)OC(C)(C)C.COC(=O)CCCCOC=CCC(=O)NCCSSCCN/C=C\N. The van der Waals surface area contributed by atoms with Crippen LogP contribution in [0.2, 0.25) is 0 Å². The van der Waals surface area contributed by atoms with Gasteiger partial charge in [-0.3, -0.25) is 28.8 Å². The van der Waals surface area contributed by atoms with E-state index in [0.717, 1.165) is 86.1 Å². The van der Waals surface area contributed by atoms with E-state index in [9.17, 15) is 33.6 Å². The van der Waals surface area contributed by atoms with Crippen molar-refractivity contribution in [3.8, 4) is 0 Å². The lowest BCUT2D eigenvalue weighted by Crippen LogP contribution is -2.24. The maximum atomic E-state index is 11.7. The van der Waals surface area contributed by atoms with E-state index in [4.69, 9.17) is 30.4 Å². The Morgan fingerprint density at radius 2 is 0.808 bits per heavy atom. The highest BCUT2D eigenvalue weighted by molar-refractivity contribution is 8.77. The quantitative estimate of drug-likeness (QED) is 0.00836. The molecule has 21 nitrogen and oxygen atoms in total. The summed E-state index contributed by atoms with van der Waals surface area (Å²) in [6.45, 7) is 11.2. The molecule has 0 saturated carbocycles. The van der Waals surface area contributed by atoms with E-state index in [1.807, 2.05) is 20.8 Å². The zero-order chi connectivity index (χ0) is 58.4. The van der Waals surface area contributed by atoms with Crippen molar-refractivity contribution in [3.63, 3.8) is 0 Å². The van der Waals surface area contributed by atoms with Gasteiger partial charge in [-0.05, 0) is 77.5 Å². The number of hydrogen-bond donors (Lipinski definition) is 7. The first-order valence-electron chi connectivity index (χ1n) is 25.6. The molecular weight excluding hydrogens is 1130 g/mol. The zero-order valence-corrected chi connectivity index (χ0v) is 51.6. The van der Waals surface area contributed by atoms with Crippen molar-refractivity contribution in [2.24, 2.45) is 11.5 Å². The van der Waals surface area contributed by atoms with Crippen LogP contribution in [0.15, 0.2) is 61.7 Å². The van der Waals surface area contributed by atoms with Crippen LogP contribution in [0.25, 0.3) is 0 Å². The Kier molecular flexibility index (Phi) is 62.1. The molecule has 0 radical (unpaired) electrons. The molecule has 0 aromatic heterocycles. The number of amides is 3. The third-order valence-corrected chi connectivity index (χ3v) is 15.7. The minimum absolute atomic E-state index is 0.0185. The van der Waals surface area contributed by atoms with Gasteiger partial charge in [0.05, 0.1) is 59.9 Å². The summed E-state index contributed by atoms with van der Waals surface area (Å²) in [7, 11) is 14.4. The number of carbonyl (C=O) groups is 7. The summed E-state index contributed by atoms with van der Waals surface area (Å²) in [5, 5.41) is 14.6. The average molecular weight is 1220 g/mol. The van der Waals surface area contributed by atoms with Crippen molar-refractivity contribution >= 4 is 106 Å². The van der Waals surface area contributed by atoms with Crippen LogP contribution >= 0.6 is 64.8 Å². The number of carbonyl (C=O) groups excluding carboxylic acids is 7. The first-order chi connectivity index (χ1) is 37.6. The minimum Gasteiger partial charge on any atom is -0.502 e. The molecule has 78 heavy (non-hydrogen) atoms. The predicted molar refractivity (Wildman–Crippen MR) is 324 cm³/mol. The number of ether oxygens (including phenoxy) is 7. The van der Waals surface area contributed by atoms with Crippen LogP contribution in [-0.2, 0) is 66.7 Å². The molecule has 0 atom stereocenters. The number of rotatable bonds is 47. The highest BCUT2D eigenvalue weighted by Crippen LogP contribution is 2.20. The Bertz CT molecular complexity index is 1680. The maximum absolute atomic E-state index is 11.7. The van der Waals surface area contributed by atoms with Gasteiger partial charge in [0, 0.05) is 137 Å². The van der Waals surface area contributed by atoms with Gasteiger partial charge in [0.25, 0.3) is 0 Å². The Morgan fingerprint density at radius 1 is 0.474 bits per heavy atom. The molecule has 0 rings (SSSR count). The largest absolute Gasteiger partial charge is 0.502 e. The van der Waals surface area contributed by atoms with Crippen LogP contribution in [0.4, 0.5) is 0 Å². The summed E-state index contributed by atoms with van der Waals surface area (Å²) >= 11 is 0. The summed E-state index contributed by atoms with van der Waals surface area (Å²) in [6, 6.07) is 0. The Morgan fingerprint density at radius 3 is 1.13 bits per heavy atom. The van der Waals surface area contributed by atoms with Crippen LogP contribution in [-0.4, -0.2) is 162 Å². The fraction of sp³-hybridized carbons (Fsp3) is 0.667. The molecule has 27 heteroatoms. The van der Waals surface area contributed by atoms with Gasteiger partial charge in [0.2, 0.25) is 17.7 Å². The van der Waals surface area contributed by atoms with Gasteiger partial charge in [-0.25, -0.2) is 4.79 Å². The molecule has 0 fully saturated rings. The number of esters is 4. The lowest BCUT2D eigenvalue weighted by Gasteiger charge is -2.17. The Hall–Kier alpha value is -4.15. The van der Waals surface area contributed by atoms with E-state index >= 15 is 0 Å². The van der Waals surface area contributed by atoms with Crippen molar-refractivity contribution in [3.05, 3.63) is 61.7 Å². The second-order valence-corrected chi connectivity index (χ2v) is 24.5. The number of nitrogens with one attached hydrogen (secondary N) is 5. The minimum atomic E-state index is -0.485. The maximum Gasteiger partial charge on any atom is 0.332 e. The fourth-order valence-electron chi connectivity index (χ4n) is 4.76. The molecule has 9 N–H and O–H groups in total. The smallest absolute Gasteiger partial charge is 0.332 e. The first-order valence-corrected chi connectivity index (χ1v) is 33.1. The second-order valence-electron chi connectivity index (χ2n) is 16.3. The van der Waals surface area contributed by atoms with Gasteiger partial charge in [-0.1, -0.05) is 64.8 Å². The first kappa shape index (κ1) is 78.1. The fourth-order valence-corrected chi connectivity index (χ4v) is 10.2. The zero-order valence-electron chi connectivity index (χ0n) is 46.7. The van der Waals surface area contributed by atoms with Crippen molar-refractivity contribution in [1.29, 1.82) is 0 Å². The Balaban J connectivity index is -0.00000110. The van der Waals surface area contributed by atoms with Crippen molar-refractivity contribution in [2.75, 3.05) is 115 Å². The lowest BCUT2D eigenvalue weighted by atomic mass is 10.2. The van der Waals surface area contributed by atoms with Crippen LogP contribution in [0.1, 0.15) is 97.8 Å². The molecule has 0 heterocycles. The van der Waals surface area contributed by atoms with Crippen LogP contribution < -0.4 is 38.1 Å². The van der Waals surface area contributed by atoms with Crippen LogP contribution in [0.3, 0.4) is 0 Å². The molecule has 0 unspecified atom stereocenters. The van der Waals surface area contributed by atoms with Crippen molar-refractivity contribution in [2.45, 2.75) is 103 Å². The highest BCUT2D eigenvalue weighted by atomic mass is 33.1. The van der Waals surface area contributed by atoms with E-state index in [1.165, 1.54) is 52.4 Å². The van der Waals surface area contributed by atoms with Gasteiger partial charge in [-0.15, -0.1) is 0 Å². The number of hydrogen-bond acceptors (Lipinski definition) is 24. The van der Waals surface area contributed by atoms with E-state index in [0.29, 0.717) is 78.1 Å². The normalized spacial score (nSPS) is 11.1. The van der Waals surface area contributed by atoms with Crippen molar-refractivity contribution < 1.29 is 66.7 Å². The molecule has 0 saturated heterocycles. The lowest BCUT2D eigenvalue weighted by molar-refractivity contribution is -0.148. The third-order valence-electron chi connectivity index (χ3n) is 8.44. The summed E-state index contributed by atoms with van der Waals surface area (Å²) in [5.74, 6) is 4.24. The Labute approximate surface area is 488 Å². The van der Waals surface area contributed by atoms with E-state index < -0.39 is 5.60 Å². The summed E-state index contributed by atoms with van der Waals surface area (Å²) < 4.78 is 34.6. The van der Waals surface area contributed by atoms with Crippen LogP contribution in [0, 0.1) is 0 Å². The average Bonchev–Trinajstić information content (AvgIpc) is 3.41. The summed E-state index contributed by atoms with van der Waals surface area (Å²) in [4.78, 5) is 78.9. The third kappa shape index (κ3) is 69.9.